The Balaban J connectivity index is 1.90. The highest BCUT2D eigenvalue weighted by molar-refractivity contribution is 5.69. The molecule has 1 rings (SSSR count). The molecule has 0 saturated carbocycles. The summed E-state index contributed by atoms with van der Waals surface area (Å²) in [5.74, 6) is 0.207. The Kier molecular flexibility index (Phi) is 14.4. The Hall–Kier alpha value is -1.57. The zero-order valence-corrected chi connectivity index (χ0v) is 17.6. The van der Waals surface area contributed by atoms with Crippen LogP contribution in [0.4, 0.5) is 0 Å². The molecule has 0 aliphatic heterocycles. The summed E-state index contributed by atoms with van der Waals surface area (Å²) in [6, 6.07) is 10.2. The summed E-state index contributed by atoms with van der Waals surface area (Å²) in [5.41, 5.74) is 1.22. The third kappa shape index (κ3) is 13.3. The largest absolute Gasteiger partial charge is 0.465 e. The van der Waals surface area contributed by atoms with E-state index in [9.17, 15) is 4.79 Å². The summed E-state index contributed by atoms with van der Waals surface area (Å²) in [4.78, 5) is 11.8. The second-order valence-electron chi connectivity index (χ2n) is 7.62. The van der Waals surface area contributed by atoms with Crippen molar-refractivity contribution in [2.75, 3.05) is 6.61 Å². The maximum atomic E-state index is 11.8. The van der Waals surface area contributed by atoms with Crippen LogP contribution < -0.4 is 0 Å². The molecule has 2 heteroatoms. The van der Waals surface area contributed by atoms with Crippen LogP contribution in [0.3, 0.4) is 0 Å². The lowest BCUT2D eigenvalue weighted by molar-refractivity contribution is -0.144. The fraction of sp³-hybridized carbons (Fsp3) is 0.640. The molecule has 152 valence electrons. The molecule has 0 bridgehead atoms. The molecule has 0 aliphatic carbocycles. The van der Waals surface area contributed by atoms with Crippen LogP contribution in [0.2, 0.25) is 0 Å². The molecule has 0 aromatic heterocycles. The van der Waals surface area contributed by atoms with Gasteiger partial charge in [-0.25, -0.2) is 0 Å². The van der Waals surface area contributed by atoms with Gasteiger partial charge in [0.05, 0.1) is 6.61 Å². The first-order valence-corrected chi connectivity index (χ1v) is 11.1. The van der Waals surface area contributed by atoms with Gasteiger partial charge in [0, 0.05) is 12.3 Å². The van der Waals surface area contributed by atoms with Crippen molar-refractivity contribution in [3.63, 3.8) is 0 Å². The van der Waals surface area contributed by atoms with Crippen molar-refractivity contribution in [1.82, 2.24) is 0 Å². The number of ether oxygens (including phenoxy) is 1. The second kappa shape index (κ2) is 16.6. The summed E-state index contributed by atoms with van der Waals surface area (Å²) in [6.45, 7) is 4.83. The van der Waals surface area contributed by atoms with Crippen LogP contribution in [-0.2, 0) is 9.53 Å². The zero-order chi connectivity index (χ0) is 19.6. The second-order valence-corrected chi connectivity index (χ2v) is 7.62. The SMILES string of the molecule is CCCCCC/C=C\CCCCCCCC(=O)OCC(C)c1ccccc1. The lowest BCUT2D eigenvalue weighted by atomic mass is 10.0. The third-order valence-corrected chi connectivity index (χ3v) is 5.01. The van der Waals surface area contributed by atoms with E-state index in [-0.39, 0.29) is 11.9 Å². The van der Waals surface area contributed by atoms with Crippen molar-refractivity contribution in [2.24, 2.45) is 0 Å². The van der Waals surface area contributed by atoms with Gasteiger partial charge in [-0.15, -0.1) is 0 Å². The van der Waals surface area contributed by atoms with Gasteiger partial charge in [-0.3, -0.25) is 4.79 Å². The van der Waals surface area contributed by atoms with Gasteiger partial charge < -0.3 is 4.74 Å². The molecule has 0 spiro atoms. The van der Waals surface area contributed by atoms with E-state index in [1.54, 1.807) is 0 Å². The van der Waals surface area contributed by atoms with Gasteiger partial charge in [0.25, 0.3) is 0 Å². The van der Waals surface area contributed by atoms with E-state index in [0.29, 0.717) is 13.0 Å². The molecule has 1 aromatic carbocycles. The molecule has 2 nitrogen and oxygen atoms in total. The van der Waals surface area contributed by atoms with Crippen molar-refractivity contribution >= 4 is 5.97 Å². The molecular weight excluding hydrogens is 332 g/mol. The Labute approximate surface area is 167 Å². The van der Waals surface area contributed by atoms with Gasteiger partial charge in [-0.05, 0) is 37.7 Å². The number of hydrogen-bond acceptors (Lipinski definition) is 2. The van der Waals surface area contributed by atoms with Crippen LogP contribution in [0.15, 0.2) is 42.5 Å². The molecule has 1 unspecified atom stereocenters. The monoisotopic (exact) mass is 372 g/mol. The van der Waals surface area contributed by atoms with Crippen molar-refractivity contribution < 1.29 is 9.53 Å². The molecule has 1 atom stereocenters. The Bertz CT molecular complexity index is 492. The van der Waals surface area contributed by atoms with Crippen molar-refractivity contribution in [3.8, 4) is 0 Å². The average molecular weight is 373 g/mol. The number of unbranched alkanes of at least 4 members (excludes halogenated alkanes) is 9. The molecule has 1 aromatic rings. The van der Waals surface area contributed by atoms with Gasteiger partial charge in [-0.2, -0.15) is 0 Å². The van der Waals surface area contributed by atoms with Crippen LogP contribution in [0, 0.1) is 0 Å². The van der Waals surface area contributed by atoms with Gasteiger partial charge in [-0.1, -0.05) is 94.9 Å². The molecular formula is C25H40O2. The van der Waals surface area contributed by atoms with Crippen LogP contribution >= 0.6 is 0 Å². The molecule has 0 N–H and O–H groups in total. The molecule has 0 saturated heterocycles. The molecule has 0 fully saturated rings. The first-order valence-electron chi connectivity index (χ1n) is 11.1. The van der Waals surface area contributed by atoms with Gasteiger partial charge in [0.15, 0.2) is 0 Å². The summed E-state index contributed by atoms with van der Waals surface area (Å²) in [6.07, 6.45) is 18.9. The maximum Gasteiger partial charge on any atom is 0.305 e. The quantitative estimate of drug-likeness (QED) is 0.170. The van der Waals surface area contributed by atoms with E-state index in [4.69, 9.17) is 4.74 Å². The van der Waals surface area contributed by atoms with Crippen molar-refractivity contribution in [3.05, 3.63) is 48.0 Å². The average Bonchev–Trinajstić information content (AvgIpc) is 2.70. The fourth-order valence-electron chi connectivity index (χ4n) is 3.15. The number of rotatable bonds is 16. The van der Waals surface area contributed by atoms with E-state index in [1.807, 2.05) is 18.2 Å². The summed E-state index contributed by atoms with van der Waals surface area (Å²) in [5, 5.41) is 0. The first-order chi connectivity index (χ1) is 13.2. The number of esters is 1. The van der Waals surface area contributed by atoms with Crippen molar-refractivity contribution in [1.29, 1.82) is 0 Å². The first kappa shape index (κ1) is 23.5. The highest BCUT2D eigenvalue weighted by Crippen LogP contribution is 2.15. The van der Waals surface area contributed by atoms with Crippen LogP contribution in [0.1, 0.15) is 102 Å². The van der Waals surface area contributed by atoms with E-state index in [0.717, 1.165) is 12.8 Å². The smallest absolute Gasteiger partial charge is 0.305 e. The highest BCUT2D eigenvalue weighted by Gasteiger charge is 2.08. The lowest BCUT2D eigenvalue weighted by Crippen LogP contribution is -2.10. The highest BCUT2D eigenvalue weighted by atomic mass is 16.5. The predicted molar refractivity (Wildman–Crippen MR) is 116 cm³/mol. The lowest BCUT2D eigenvalue weighted by Gasteiger charge is -2.12. The van der Waals surface area contributed by atoms with E-state index in [2.05, 4.69) is 38.1 Å². The number of carbonyl (C=O) groups is 1. The minimum atomic E-state index is -0.0520. The fourth-order valence-corrected chi connectivity index (χ4v) is 3.15. The summed E-state index contributed by atoms with van der Waals surface area (Å²) in [7, 11) is 0. The van der Waals surface area contributed by atoms with Gasteiger partial charge in [0.2, 0.25) is 0 Å². The normalized spacial score (nSPS) is 12.4. The molecule has 27 heavy (non-hydrogen) atoms. The molecule has 0 amide bonds. The van der Waals surface area contributed by atoms with Gasteiger partial charge in [0.1, 0.15) is 0 Å². The van der Waals surface area contributed by atoms with E-state index in [1.165, 1.54) is 63.4 Å². The zero-order valence-electron chi connectivity index (χ0n) is 17.6. The summed E-state index contributed by atoms with van der Waals surface area (Å²) >= 11 is 0. The molecule has 0 aliphatic rings. The van der Waals surface area contributed by atoms with Crippen LogP contribution in [0.5, 0.6) is 0 Å². The topological polar surface area (TPSA) is 26.3 Å². The van der Waals surface area contributed by atoms with Crippen molar-refractivity contribution in [2.45, 2.75) is 96.8 Å². The summed E-state index contributed by atoms with van der Waals surface area (Å²) < 4.78 is 5.42. The minimum Gasteiger partial charge on any atom is -0.465 e. The maximum absolute atomic E-state index is 11.8. The van der Waals surface area contributed by atoms with E-state index < -0.39 is 0 Å². The number of carbonyl (C=O) groups excluding carboxylic acids is 1. The third-order valence-electron chi connectivity index (χ3n) is 5.01. The molecule has 0 heterocycles. The van der Waals surface area contributed by atoms with Gasteiger partial charge >= 0.3 is 5.97 Å². The predicted octanol–water partition coefficient (Wildman–Crippen LogP) is 7.59. The number of hydrogen-bond donors (Lipinski definition) is 0. The van der Waals surface area contributed by atoms with Crippen LogP contribution in [0.25, 0.3) is 0 Å². The van der Waals surface area contributed by atoms with E-state index >= 15 is 0 Å². The Morgan fingerprint density at radius 2 is 1.48 bits per heavy atom. The van der Waals surface area contributed by atoms with Crippen LogP contribution in [-0.4, -0.2) is 12.6 Å². The number of allylic oxidation sites excluding steroid dienone is 2. The standard InChI is InChI=1S/C25H40O2/c1-3-4-5-6-7-8-9-10-11-12-13-14-18-21-25(26)27-22-23(2)24-19-16-15-17-20-24/h8-9,15-17,19-20,23H,3-7,10-14,18,21-22H2,1-2H3/b9-8-. The Morgan fingerprint density at radius 1 is 0.889 bits per heavy atom. The Morgan fingerprint density at radius 3 is 2.15 bits per heavy atom. The molecule has 0 radical (unpaired) electrons. The number of benzene rings is 1. The minimum absolute atomic E-state index is 0.0520.